The third kappa shape index (κ3) is 3.44. The van der Waals surface area contributed by atoms with Crippen molar-refractivity contribution in [1.82, 2.24) is 9.88 Å². The smallest absolute Gasteiger partial charge is 0.149 e. The summed E-state index contributed by atoms with van der Waals surface area (Å²) in [4.78, 5) is 17.5. The lowest BCUT2D eigenvalue weighted by Crippen LogP contribution is -2.35. The minimum atomic E-state index is -0.0110. The molecule has 0 amide bonds. The van der Waals surface area contributed by atoms with Gasteiger partial charge in [0.1, 0.15) is 5.78 Å². The van der Waals surface area contributed by atoms with Gasteiger partial charge in [-0.2, -0.15) is 0 Å². The van der Waals surface area contributed by atoms with E-state index in [2.05, 4.69) is 9.88 Å². The summed E-state index contributed by atoms with van der Waals surface area (Å²) in [6.45, 7) is 4.64. The van der Waals surface area contributed by atoms with Crippen LogP contribution in [0.25, 0.3) is 0 Å². The predicted molar refractivity (Wildman–Crippen MR) is 60.5 cm³/mol. The molecule has 1 aromatic rings. The summed E-state index contributed by atoms with van der Waals surface area (Å²) >= 11 is 0. The van der Waals surface area contributed by atoms with Crippen LogP contribution in [-0.2, 0) is 11.3 Å². The highest BCUT2D eigenvalue weighted by molar-refractivity contribution is 5.83. The van der Waals surface area contributed by atoms with Crippen molar-refractivity contribution in [3.8, 4) is 0 Å². The molecular formula is C12H18N2O. The highest BCUT2D eigenvalue weighted by atomic mass is 16.1. The summed E-state index contributed by atoms with van der Waals surface area (Å²) in [6, 6.07) is 3.93. The molecule has 3 nitrogen and oxygen atoms in total. The van der Waals surface area contributed by atoms with E-state index in [4.69, 9.17) is 0 Å². The summed E-state index contributed by atoms with van der Waals surface area (Å²) in [5.41, 5.74) is 1.18. The minimum Gasteiger partial charge on any atom is -0.298 e. The number of carbonyl (C=O) groups is 1. The molecule has 0 aliphatic rings. The fraction of sp³-hybridized carbons (Fsp3) is 0.500. The van der Waals surface area contributed by atoms with Gasteiger partial charge in [-0.1, -0.05) is 6.92 Å². The van der Waals surface area contributed by atoms with Crippen LogP contribution in [-0.4, -0.2) is 28.8 Å². The van der Waals surface area contributed by atoms with E-state index in [9.17, 15) is 4.79 Å². The first-order chi connectivity index (χ1) is 7.15. The van der Waals surface area contributed by atoms with Crippen LogP contribution in [0.1, 0.15) is 25.8 Å². The summed E-state index contributed by atoms with van der Waals surface area (Å²) in [7, 11) is 1.97. The molecule has 0 aromatic carbocycles. The molecule has 1 unspecified atom stereocenters. The number of nitrogens with zero attached hydrogens (tertiary/aromatic N) is 2. The quantitative estimate of drug-likeness (QED) is 0.737. The number of hydrogen-bond donors (Lipinski definition) is 0. The molecule has 0 saturated heterocycles. The lowest BCUT2D eigenvalue weighted by atomic mass is 10.1. The molecule has 1 heterocycles. The van der Waals surface area contributed by atoms with Crippen LogP contribution < -0.4 is 0 Å². The second-order valence-corrected chi connectivity index (χ2v) is 3.77. The molecule has 0 radical (unpaired) electrons. The number of Topliss-reactive ketones (excluding diaryl/α,β-unsaturated/α-hetero) is 1. The Bertz CT molecular complexity index is 311. The summed E-state index contributed by atoms with van der Waals surface area (Å²) in [5, 5.41) is 0. The van der Waals surface area contributed by atoms with Crippen LogP contribution in [0.5, 0.6) is 0 Å². The van der Waals surface area contributed by atoms with Crippen LogP contribution >= 0.6 is 0 Å². The summed E-state index contributed by atoms with van der Waals surface area (Å²) < 4.78 is 0. The van der Waals surface area contributed by atoms with Crippen LogP contribution in [0.4, 0.5) is 0 Å². The van der Waals surface area contributed by atoms with E-state index in [0.29, 0.717) is 6.42 Å². The second-order valence-electron chi connectivity index (χ2n) is 3.77. The van der Waals surface area contributed by atoms with Crippen molar-refractivity contribution in [1.29, 1.82) is 0 Å². The van der Waals surface area contributed by atoms with Gasteiger partial charge in [-0.3, -0.25) is 14.7 Å². The fourth-order valence-electron chi connectivity index (χ4n) is 1.45. The molecule has 0 bridgehead atoms. The van der Waals surface area contributed by atoms with E-state index in [1.165, 1.54) is 5.56 Å². The topological polar surface area (TPSA) is 33.2 Å². The van der Waals surface area contributed by atoms with Crippen molar-refractivity contribution >= 4 is 5.78 Å². The molecule has 15 heavy (non-hydrogen) atoms. The van der Waals surface area contributed by atoms with Crippen LogP contribution in [0.2, 0.25) is 0 Å². The largest absolute Gasteiger partial charge is 0.298 e. The number of hydrogen-bond acceptors (Lipinski definition) is 3. The van der Waals surface area contributed by atoms with Gasteiger partial charge in [-0.05, 0) is 31.7 Å². The van der Waals surface area contributed by atoms with Crippen molar-refractivity contribution in [3.63, 3.8) is 0 Å². The van der Waals surface area contributed by atoms with Gasteiger partial charge in [0.25, 0.3) is 0 Å². The van der Waals surface area contributed by atoms with Gasteiger partial charge in [0.15, 0.2) is 0 Å². The van der Waals surface area contributed by atoms with E-state index < -0.39 is 0 Å². The molecule has 1 rings (SSSR count). The molecule has 3 heteroatoms. The third-order valence-corrected chi connectivity index (χ3v) is 2.66. The Hall–Kier alpha value is -1.22. The molecule has 0 saturated carbocycles. The fourth-order valence-corrected chi connectivity index (χ4v) is 1.45. The Labute approximate surface area is 91.1 Å². The number of ketones is 1. The Balaban J connectivity index is 2.56. The van der Waals surface area contributed by atoms with Crippen LogP contribution in [0.15, 0.2) is 24.5 Å². The maximum absolute atomic E-state index is 11.5. The lowest BCUT2D eigenvalue weighted by molar-refractivity contribution is -0.123. The zero-order valence-corrected chi connectivity index (χ0v) is 9.60. The standard InChI is InChI=1S/C12H18N2O/c1-4-12(15)10(2)14(3)9-11-5-7-13-8-6-11/h5-8,10H,4,9H2,1-3H3. The number of pyridine rings is 1. The molecule has 0 fully saturated rings. The average Bonchev–Trinajstić information content (AvgIpc) is 2.28. The van der Waals surface area contributed by atoms with Gasteiger partial charge in [0.2, 0.25) is 0 Å². The Morgan fingerprint density at radius 3 is 2.60 bits per heavy atom. The Kier molecular flexibility index (Phi) is 4.43. The number of carbonyl (C=O) groups excluding carboxylic acids is 1. The van der Waals surface area contributed by atoms with Crippen molar-refractivity contribution in [3.05, 3.63) is 30.1 Å². The molecule has 0 N–H and O–H groups in total. The average molecular weight is 206 g/mol. The lowest BCUT2D eigenvalue weighted by Gasteiger charge is -2.23. The summed E-state index contributed by atoms with van der Waals surface area (Å²) in [6.07, 6.45) is 4.15. The SMILES string of the molecule is CCC(=O)C(C)N(C)Cc1ccncc1. The van der Waals surface area contributed by atoms with E-state index in [1.807, 2.05) is 33.0 Å². The van der Waals surface area contributed by atoms with Gasteiger partial charge in [0.05, 0.1) is 6.04 Å². The van der Waals surface area contributed by atoms with E-state index in [0.717, 1.165) is 6.54 Å². The molecule has 1 atom stereocenters. The first kappa shape index (κ1) is 11.9. The normalized spacial score (nSPS) is 12.8. The molecular weight excluding hydrogens is 188 g/mol. The number of likely N-dealkylation sites (N-methyl/N-ethyl adjacent to an activating group) is 1. The third-order valence-electron chi connectivity index (χ3n) is 2.66. The van der Waals surface area contributed by atoms with E-state index in [1.54, 1.807) is 12.4 Å². The molecule has 1 aromatic heterocycles. The highest BCUT2D eigenvalue weighted by Gasteiger charge is 2.15. The maximum atomic E-state index is 11.5. The number of rotatable bonds is 5. The van der Waals surface area contributed by atoms with Gasteiger partial charge < -0.3 is 0 Å². The zero-order valence-electron chi connectivity index (χ0n) is 9.60. The van der Waals surface area contributed by atoms with Crippen molar-refractivity contribution in [2.75, 3.05) is 7.05 Å². The zero-order chi connectivity index (χ0) is 11.3. The molecule has 82 valence electrons. The Morgan fingerprint density at radius 2 is 2.07 bits per heavy atom. The van der Waals surface area contributed by atoms with Gasteiger partial charge in [0, 0.05) is 25.4 Å². The first-order valence-corrected chi connectivity index (χ1v) is 5.27. The van der Waals surface area contributed by atoms with Crippen LogP contribution in [0.3, 0.4) is 0 Å². The summed E-state index contributed by atoms with van der Waals surface area (Å²) in [5.74, 6) is 0.284. The minimum absolute atomic E-state index is 0.0110. The second kappa shape index (κ2) is 5.61. The molecule has 0 aliphatic heterocycles. The maximum Gasteiger partial charge on any atom is 0.149 e. The van der Waals surface area contributed by atoms with Gasteiger partial charge >= 0.3 is 0 Å². The van der Waals surface area contributed by atoms with Crippen molar-refractivity contribution in [2.24, 2.45) is 0 Å². The van der Waals surface area contributed by atoms with Crippen molar-refractivity contribution < 1.29 is 4.79 Å². The molecule has 0 aliphatic carbocycles. The van der Waals surface area contributed by atoms with E-state index >= 15 is 0 Å². The molecule has 0 spiro atoms. The first-order valence-electron chi connectivity index (χ1n) is 5.27. The highest BCUT2D eigenvalue weighted by Crippen LogP contribution is 2.06. The van der Waals surface area contributed by atoms with Gasteiger partial charge in [-0.15, -0.1) is 0 Å². The van der Waals surface area contributed by atoms with Gasteiger partial charge in [-0.25, -0.2) is 0 Å². The van der Waals surface area contributed by atoms with E-state index in [-0.39, 0.29) is 11.8 Å². The predicted octanol–water partition coefficient (Wildman–Crippen LogP) is 1.88. The monoisotopic (exact) mass is 206 g/mol. The van der Waals surface area contributed by atoms with Crippen LogP contribution in [0, 0.1) is 0 Å². The number of aromatic nitrogens is 1. The Morgan fingerprint density at radius 1 is 1.47 bits per heavy atom. The van der Waals surface area contributed by atoms with Crippen molar-refractivity contribution in [2.45, 2.75) is 32.9 Å².